The third kappa shape index (κ3) is 4.08. The van der Waals surface area contributed by atoms with Crippen LogP contribution in [0.5, 0.6) is 5.75 Å². The van der Waals surface area contributed by atoms with Gasteiger partial charge in [0.15, 0.2) is 0 Å². The molecule has 0 saturated carbocycles. The van der Waals surface area contributed by atoms with Crippen LogP contribution in [0.15, 0.2) is 72.3 Å². The summed E-state index contributed by atoms with van der Waals surface area (Å²) in [5.74, 6) is 0.294. The average Bonchev–Trinajstić information content (AvgIpc) is 2.67. The van der Waals surface area contributed by atoms with Crippen molar-refractivity contribution in [3.05, 3.63) is 77.9 Å². The summed E-state index contributed by atoms with van der Waals surface area (Å²) in [6.07, 6.45) is 1.59. The van der Waals surface area contributed by atoms with Crippen LogP contribution in [0.4, 0.5) is 5.69 Å². The zero-order valence-electron chi connectivity index (χ0n) is 14.4. The number of fused-ring (bicyclic) bond motifs is 1. The molecule has 0 aromatic heterocycles. The van der Waals surface area contributed by atoms with Crippen LogP contribution in [-0.4, -0.2) is 12.5 Å². The number of amides is 1. The first-order valence-corrected chi connectivity index (χ1v) is 8.34. The Morgan fingerprint density at radius 3 is 2.50 bits per heavy atom. The average molecular weight is 342 g/mol. The fourth-order valence-electron chi connectivity index (χ4n) is 2.61. The zero-order valence-corrected chi connectivity index (χ0v) is 14.4. The predicted octanol–water partition coefficient (Wildman–Crippen LogP) is 4.78. The highest BCUT2D eigenvalue weighted by Crippen LogP contribution is 2.19. The van der Waals surface area contributed by atoms with Gasteiger partial charge in [0, 0.05) is 5.69 Å². The largest absolute Gasteiger partial charge is 0.494 e. The molecule has 0 radical (unpaired) electrons. The molecule has 4 heteroatoms. The highest BCUT2D eigenvalue weighted by molar-refractivity contribution is 6.09. The monoisotopic (exact) mass is 342 g/mol. The van der Waals surface area contributed by atoms with E-state index in [0.717, 1.165) is 22.1 Å². The highest BCUT2D eigenvalue weighted by Gasteiger charge is 2.10. The summed E-state index contributed by atoms with van der Waals surface area (Å²) in [5, 5.41) is 14.3. The second-order valence-corrected chi connectivity index (χ2v) is 5.69. The molecule has 1 N–H and O–H groups in total. The molecule has 3 aromatic rings. The van der Waals surface area contributed by atoms with Crippen molar-refractivity contribution in [3.63, 3.8) is 0 Å². The fourth-order valence-corrected chi connectivity index (χ4v) is 2.61. The first-order chi connectivity index (χ1) is 12.7. The first-order valence-electron chi connectivity index (χ1n) is 8.34. The molecule has 0 unspecified atom stereocenters. The molecule has 128 valence electrons. The van der Waals surface area contributed by atoms with E-state index in [1.807, 2.05) is 55.5 Å². The van der Waals surface area contributed by atoms with Gasteiger partial charge < -0.3 is 10.1 Å². The molecule has 3 aromatic carbocycles. The Hall–Kier alpha value is -3.58. The van der Waals surface area contributed by atoms with Crippen LogP contribution in [0.1, 0.15) is 12.5 Å². The van der Waals surface area contributed by atoms with Crippen molar-refractivity contribution in [1.82, 2.24) is 0 Å². The molecule has 1 amide bonds. The lowest BCUT2D eigenvalue weighted by molar-refractivity contribution is -0.112. The van der Waals surface area contributed by atoms with E-state index in [2.05, 4.69) is 5.32 Å². The summed E-state index contributed by atoms with van der Waals surface area (Å²) in [7, 11) is 0. The van der Waals surface area contributed by atoms with Gasteiger partial charge in [0.1, 0.15) is 17.4 Å². The van der Waals surface area contributed by atoms with E-state index in [1.54, 1.807) is 30.3 Å². The first kappa shape index (κ1) is 17.2. The number of benzene rings is 3. The van der Waals surface area contributed by atoms with Gasteiger partial charge in [-0.3, -0.25) is 4.79 Å². The van der Waals surface area contributed by atoms with E-state index in [9.17, 15) is 10.1 Å². The third-order valence-electron chi connectivity index (χ3n) is 3.87. The lowest BCUT2D eigenvalue weighted by Gasteiger charge is -2.07. The molecule has 0 atom stereocenters. The van der Waals surface area contributed by atoms with Gasteiger partial charge in [0.2, 0.25) is 0 Å². The molecule has 0 aliphatic heterocycles. The minimum absolute atomic E-state index is 0.0502. The Bertz CT molecular complexity index is 999. The molecular weight excluding hydrogens is 324 g/mol. The molecule has 0 saturated heterocycles. The Labute approximate surface area is 152 Å². The van der Waals surface area contributed by atoms with E-state index in [4.69, 9.17) is 4.74 Å². The van der Waals surface area contributed by atoms with Gasteiger partial charge in [-0.25, -0.2) is 0 Å². The molecular formula is C22H18N2O2. The minimum Gasteiger partial charge on any atom is -0.494 e. The summed E-state index contributed by atoms with van der Waals surface area (Å²) in [6.45, 7) is 2.49. The highest BCUT2D eigenvalue weighted by atomic mass is 16.5. The van der Waals surface area contributed by atoms with Gasteiger partial charge in [-0.15, -0.1) is 0 Å². The lowest BCUT2D eigenvalue weighted by Crippen LogP contribution is -2.13. The molecule has 0 aliphatic rings. The van der Waals surface area contributed by atoms with E-state index in [1.165, 1.54) is 0 Å². The number of ether oxygens (including phenoxy) is 1. The van der Waals surface area contributed by atoms with Gasteiger partial charge in [0.05, 0.1) is 6.61 Å². The van der Waals surface area contributed by atoms with Crippen molar-refractivity contribution in [2.24, 2.45) is 0 Å². The van der Waals surface area contributed by atoms with Crippen molar-refractivity contribution in [2.45, 2.75) is 6.92 Å². The van der Waals surface area contributed by atoms with E-state index >= 15 is 0 Å². The second-order valence-electron chi connectivity index (χ2n) is 5.69. The van der Waals surface area contributed by atoms with Crippen LogP contribution < -0.4 is 10.1 Å². The Balaban J connectivity index is 1.79. The minimum atomic E-state index is -0.440. The maximum absolute atomic E-state index is 12.4. The summed E-state index contributed by atoms with van der Waals surface area (Å²) >= 11 is 0. The lowest BCUT2D eigenvalue weighted by atomic mass is 10.0. The molecule has 3 rings (SSSR count). The molecule has 26 heavy (non-hydrogen) atoms. The number of carbonyl (C=O) groups is 1. The summed E-state index contributed by atoms with van der Waals surface area (Å²) < 4.78 is 5.37. The normalized spacial score (nSPS) is 11.0. The number of hydrogen-bond donors (Lipinski definition) is 1. The van der Waals surface area contributed by atoms with Gasteiger partial charge in [-0.1, -0.05) is 36.4 Å². The molecule has 4 nitrogen and oxygen atoms in total. The van der Waals surface area contributed by atoms with Crippen LogP contribution in [0.3, 0.4) is 0 Å². The standard InChI is InChI=1S/C22H18N2O2/c1-2-26-21-11-9-20(10-12-21)24-22(25)19(15-23)14-16-7-8-17-5-3-4-6-18(17)13-16/h3-14H,2H2,1H3,(H,24,25)/b19-14+. The van der Waals surface area contributed by atoms with Crippen LogP contribution in [-0.2, 0) is 4.79 Å². The number of nitriles is 1. The van der Waals surface area contributed by atoms with Gasteiger partial charge in [-0.2, -0.15) is 5.26 Å². The van der Waals surface area contributed by atoms with Gasteiger partial charge in [0.25, 0.3) is 5.91 Å². The fraction of sp³-hybridized carbons (Fsp3) is 0.0909. The van der Waals surface area contributed by atoms with Crippen LogP contribution >= 0.6 is 0 Å². The molecule has 0 fully saturated rings. The number of hydrogen-bond acceptors (Lipinski definition) is 3. The van der Waals surface area contributed by atoms with Crippen molar-refractivity contribution >= 4 is 28.4 Å². The van der Waals surface area contributed by atoms with Crippen molar-refractivity contribution in [1.29, 1.82) is 5.26 Å². The van der Waals surface area contributed by atoms with E-state index in [-0.39, 0.29) is 5.57 Å². The Morgan fingerprint density at radius 2 is 1.81 bits per heavy atom. The zero-order chi connectivity index (χ0) is 18.4. The number of carbonyl (C=O) groups excluding carboxylic acids is 1. The maximum atomic E-state index is 12.4. The van der Waals surface area contributed by atoms with E-state index in [0.29, 0.717) is 12.3 Å². The topological polar surface area (TPSA) is 62.1 Å². The van der Waals surface area contributed by atoms with Crippen LogP contribution in [0.2, 0.25) is 0 Å². The molecule has 0 heterocycles. The van der Waals surface area contributed by atoms with Crippen molar-refractivity contribution in [3.8, 4) is 11.8 Å². The summed E-state index contributed by atoms with van der Waals surface area (Å²) in [4.78, 5) is 12.4. The number of anilines is 1. The molecule has 0 bridgehead atoms. The Kier molecular flexibility index (Phi) is 5.31. The summed E-state index contributed by atoms with van der Waals surface area (Å²) in [6, 6.07) is 22.8. The molecule has 0 aliphatic carbocycles. The number of nitrogens with one attached hydrogen (secondary N) is 1. The second kappa shape index (κ2) is 8.00. The summed E-state index contributed by atoms with van der Waals surface area (Å²) in [5.41, 5.74) is 1.47. The van der Waals surface area contributed by atoms with Gasteiger partial charge in [-0.05, 0) is 59.7 Å². The number of nitrogens with zero attached hydrogens (tertiary/aromatic N) is 1. The smallest absolute Gasteiger partial charge is 0.266 e. The Morgan fingerprint density at radius 1 is 1.08 bits per heavy atom. The van der Waals surface area contributed by atoms with Crippen LogP contribution in [0, 0.1) is 11.3 Å². The SMILES string of the molecule is CCOc1ccc(NC(=O)/C(C#N)=C/c2ccc3ccccc3c2)cc1. The van der Waals surface area contributed by atoms with E-state index < -0.39 is 5.91 Å². The third-order valence-corrected chi connectivity index (χ3v) is 3.87. The maximum Gasteiger partial charge on any atom is 0.266 e. The van der Waals surface area contributed by atoms with Crippen molar-refractivity contribution in [2.75, 3.05) is 11.9 Å². The van der Waals surface area contributed by atoms with Crippen LogP contribution in [0.25, 0.3) is 16.8 Å². The predicted molar refractivity (Wildman–Crippen MR) is 104 cm³/mol. The van der Waals surface area contributed by atoms with Gasteiger partial charge >= 0.3 is 0 Å². The number of rotatable bonds is 5. The quantitative estimate of drug-likeness (QED) is 0.536. The van der Waals surface area contributed by atoms with Crippen molar-refractivity contribution < 1.29 is 9.53 Å². The molecule has 0 spiro atoms.